The fourth-order valence-corrected chi connectivity index (χ4v) is 3.61. The summed E-state index contributed by atoms with van der Waals surface area (Å²) in [5.41, 5.74) is 2.17. The lowest BCUT2D eigenvalue weighted by Gasteiger charge is -2.18. The van der Waals surface area contributed by atoms with E-state index in [-0.39, 0.29) is 23.2 Å². The molecule has 0 bridgehead atoms. The summed E-state index contributed by atoms with van der Waals surface area (Å²) in [6.07, 6.45) is 1.19. The van der Waals surface area contributed by atoms with E-state index >= 15 is 0 Å². The van der Waals surface area contributed by atoms with Crippen molar-refractivity contribution in [3.63, 3.8) is 0 Å². The Morgan fingerprint density at radius 2 is 1.55 bits per heavy atom. The van der Waals surface area contributed by atoms with Crippen LogP contribution in [-0.2, 0) is 9.53 Å². The lowest BCUT2D eigenvalue weighted by atomic mass is 10.1. The molecule has 166 valence electrons. The van der Waals surface area contributed by atoms with Crippen molar-refractivity contribution in [3.05, 3.63) is 95.6 Å². The van der Waals surface area contributed by atoms with Crippen LogP contribution in [0.25, 0.3) is 0 Å². The van der Waals surface area contributed by atoms with Gasteiger partial charge in [0.25, 0.3) is 5.91 Å². The van der Waals surface area contributed by atoms with E-state index in [1.165, 1.54) is 0 Å². The highest BCUT2D eigenvalue weighted by atomic mass is 16.5. The molecule has 1 aliphatic rings. The molecule has 0 aliphatic carbocycles. The molecular formula is C26H22N2O5. The first-order chi connectivity index (χ1) is 16.0. The summed E-state index contributed by atoms with van der Waals surface area (Å²) in [6, 6.07) is 21.9. The van der Waals surface area contributed by atoms with Crippen LogP contribution < -0.4 is 10.2 Å². The molecule has 0 radical (unpaired) electrons. The number of carbonyl (C=O) groups excluding carboxylic acids is 4. The number of nitrogens with one attached hydrogen (secondary N) is 1. The Bertz CT molecular complexity index is 1190. The maximum Gasteiger partial charge on any atom is 0.340 e. The molecule has 33 heavy (non-hydrogen) atoms. The van der Waals surface area contributed by atoms with E-state index in [9.17, 15) is 19.2 Å². The van der Waals surface area contributed by atoms with Crippen LogP contribution in [0.1, 0.15) is 43.9 Å². The second-order valence-electron chi connectivity index (χ2n) is 7.56. The average molecular weight is 442 g/mol. The van der Waals surface area contributed by atoms with Crippen molar-refractivity contribution in [2.45, 2.75) is 12.8 Å². The Hall–Kier alpha value is -4.26. The van der Waals surface area contributed by atoms with Gasteiger partial charge < -0.3 is 15.0 Å². The van der Waals surface area contributed by atoms with Gasteiger partial charge in [0.15, 0.2) is 12.4 Å². The molecule has 7 heteroatoms. The first kappa shape index (κ1) is 22.0. The van der Waals surface area contributed by atoms with Gasteiger partial charge in [-0.1, -0.05) is 30.3 Å². The summed E-state index contributed by atoms with van der Waals surface area (Å²) in [4.78, 5) is 51.0. The molecule has 1 fully saturated rings. The van der Waals surface area contributed by atoms with Crippen molar-refractivity contribution in [3.8, 4) is 0 Å². The number of rotatable bonds is 7. The number of para-hydroxylation sites is 1. The van der Waals surface area contributed by atoms with Crippen LogP contribution in [0.3, 0.4) is 0 Å². The van der Waals surface area contributed by atoms with Crippen LogP contribution in [0.4, 0.5) is 11.4 Å². The quantitative estimate of drug-likeness (QED) is 0.439. The summed E-state index contributed by atoms with van der Waals surface area (Å²) in [7, 11) is 0. The smallest absolute Gasteiger partial charge is 0.340 e. The maximum absolute atomic E-state index is 12.6. The maximum atomic E-state index is 12.6. The molecule has 1 saturated heterocycles. The molecule has 3 aromatic rings. The number of ether oxygens (including phenoxy) is 1. The molecule has 1 N–H and O–H groups in total. The van der Waals surface area contributed by atoms with E-state index in [0.29, 0.717) is 35.5 Å². The second-order valence-corrected chi connectivity index (χ2v) is 7.56. The topological polar surface area (TPSA) is 92.8 Å². The SMILES string of the molecule is O=C(COC(=O)c1ccccc1N1CCCC1=O)c1ccc(NC(=O)c2ccccc2)cc1. The molecule has 0 aromatic heterocycles. The lowest BCUT2D eigenvalue weighted by Crippen LogP contribution is -2.26. The Kier molecular flexibility index (Phi) is 6.59. The van der Waals surface area contributed by atoms with Crippen LogP contribution in [0.5, 0.6) is 0 Å². The van der Waals surface area contributed by atoms with Crippen LogP contribution in [0, 0.1) is 0 Å². The van der Waals surface area contributed by atoms with Gasteiger partial charge in [-0.05, 0) is 55.0 Å². The van der Waals surface area contributed by atoms with E-state index in [1.54, 1.807) is 77.7 Å². The summed E-state index contributed by atoms with van der Waals surface area (Å²) in [5.74, 6) is -1.33. The van der Waals surface area contributed by atoms with Gasteiger partial charge in [-0.2, -0.15) is 0 Å². The van der Waals surface area contributed by atoms with Gasteiger partial charge in [0.1, 0.15) is 0 Å². The van der Waals surface area contributed by atoms with Crippen LogP contribution >= 0.6 is 0 Å². The number of anilines is 2. The van der Waals surface area contributed by atoms with E-state index in [4.69, 9.17) is 4.74 Å². The van der Waals surface area contributed by atoms with Gasteiger partial charge in [-0.15, -0.1) is 0 Å². The summed E-state index contributed by atoms with van der Waals surface area (Å²) < 4.78 is 5.24. The van der Waals surface area contributed by atoms with Crippen molar-refractivity contribution in [2.75, 3.05) is 23.4 Å². The monoisotopic (exact) mass is 442 g/mol. The van der Waals surface area contributed by atoms with Gasteiger partial charge in [0, 0.05) is 29.8 Å². The lowest BCUT2D eigenvalue weighted by molar-refractivity contribution is -0.117. The molecule has 0 unspecified atom stereocenters. The number of nitrogens with zero attached hydrogens (tertiary/aromatic N) is 1. The Morgan fingerprint density at radius 3 is 2.24 bits per heavy atom. The van der Waals surface area contributed by atoms with E-state index in [1.807, 2.05) is 6.07 Å². The van der Waals surface area contributed by atoms with Gasteiger partial charge in [-0.3, -0.25) is 14.4 Å². The molecule has 2 amide bonds. The zero-order valence-electron chi connectivity index (χ0n) is 17.8. The number of esters is 1. The average Bonchev–Trinajstić information content (AvgIpc) is 3.29. The molecule has 7 nitrogen and oxygen atoms in total. The molecule has 3 aromatic carbocycles. The minimum atomic E-state index is -0.662. The minimum absolute atomic E-state index is 0.0363. The molecule has 0 saturated carbocycles. The first-order valence-corrected chi connectivity index (χ1v) is 10.6. The summed E-state index contributed by atoms with van der Waals surface area (Å²) >= 11 is 0. The fraction of sp³-hybridized carbons (Fsp3) is 0.154. The summed E-state index contributed by atoms with van der Waals surface area (Å²) in [6.45, 7) is 0.117. The van der Waals surface area contributed by atoms with Crippen LogP contribution in [0.2, 0.25) is 0 Å². The van der Waals surface area contributed by atoms with Crippen molar-refractivity contribution in [1.82, 2.24) is 0 Å². The van der Waals surface area contributed by atoms with Crippen molar-refractivity contribution in [1.29, 1.82) is 0 Å². The molecule has 0 atom stereocenters. The number of amides is 2. The molecular weight excluding hydrogens is 420 g/mol. The Morgan fingerprint density at radius 1 is 0.848 bits per heavy atom. The second kappa shape index (κ2) is 9.91. The van der Waals surface area contributed by atoms with Gasteiger partial charge in [0.2, 0.25) is 5.91 Å². The number of Topliss-reactive ketones (excluding diaryl/α,β-unsaturated/α-hetero) is 1. The van der Waals surface area contributed by atoms with E-state index in [0.717, 1.165) is 6.42 Å². The van der Waals surface area contributed by atoms with Crippen molar-refractivity contribution < 1.29 is 23.9 Å². The number of carbonyl (C=O) groups is 4. The van der Waals surface area contributed by atoms with E-state index < -0.39 is 12.6 Å². The summed E-state index contributed by atoms with van der Waals surface area (Å²) in [5, 5.41) is 2.76. The van der Waals surface area contributed by atoms with Crippen LogP contribution in [-0.4, -0.2) is 36.7 Å². The zero-order valence-corrected chi connectivity index (χ0v) is 17.8. The third kappa shape index (κ3) is 5.15. The van der Waals surface area contributed by atoms with Crippen molar-refractivity contribution >= 4 is 34.9 Å². The molecule has 4 rings (SSSR count). The van der Waals surface area contributed by atoms with Crippen LogP contribution in [0.15, 0.2) is 78.9 Å². The number of benzene rings is 3. The molecule has 1 heterocycles. The highest BCUT2D eigenvalue weighted by molar-refractivity contribution is 6.06. The largest absolute Gasteiger partial charge is 0.454 e. The first-order valence-electron chi connectivity index (χ1n) is 10.6. The minimum Gasteiger partial charge on any atom is -0.454 e. The highest BCUT2D eigenvalue weighted by Gasteiger charge is 2.26. The highest BCUT2D eigenvalue weighted by Crippen LogP contribution is 2.26. The normalized spacial score (nSPS) is 13.0. The third-order valence-electron chi connectivity index (χ3n) is 5.32. The van der Waals surface area contributed by atoms with Gasteiger partial charge in [0.05, 0.1) is 11.3 Å². The standard InChI is InChI=1S/C26H22N2O5/c29-23(18-12-14-20(15-13-18)27-25(31)19-7-2-1-3-8-19)17-33-26(32)21-9-4-5-10-22(21)28-16-6-11-24(28)30/h1-5,7-10,12-15H,6,11,16-17H2,(H,27,31). The number of hydrogen-bond acceptors (Lipinski definition) is 5. The predicted octanol–water partition coefficient (Wildman–Crippen LogP) is 4.11. The van der Waals surface area contributed by atoms with Gasteiger partial charge >= 0.3 is 5.97 Å². The fourth-order valence-electron chi connectivity index (χ4n) is 3.61. The molecule has 1 aliphatic heterocycles. The van der Waals surface area contributed by atoms with Gasteiger partial charge in [-0.25, -0.2) is 4.79 Å². The number of hydrogen-bond donors (Lipinski definition) is 1. The Labute approximate surface area is 191 Å². The Balaban J connectivity index is 1.36. The molecule has 0 spiro atoms. The predicted molar refractivity (Wildman–Crippen MR) is 123 cm³/mol. The third-order valence-corrected chi connectivity index (χ3v) is 5.32. The zero-order chi connectivity index (χ0) is 23.2. The van der Waals surface area contributed by atoms with Crippen molar-refractivity contribution in [2.24, 2.45) is 0 Å². The van der Waals surface area contributed by atoms with E-state index in [2.05, 4.69) is 5.32 Å². The number of ketones is 1.